The smallest absolute Gasteiger partial charge is 0.0541 e. The fourth-order valence-corrected chi connectivity index (χ4v) is 9.82. The van der Waals surface area contributed by atoms with Gasteiger partial charge in [-0.2, -0.15) is 0 Å². The van der Waals surface area contributed by atoms with Crippen LogP contribution in [0.4, 0.5) is 17.1 Å². The van der Waals surface area contributed by atoms with Crippen molar-refractivity contribution in [3.05, 3.63) is 267 Å². The molecule has 0 saturated heterocycles. The van der Waals surface area contributed by atoms with Crippen molar-refractivity contribution in [2.45, 2.75) is 0 Å². The topological polar surface area (TPSA) is 8.17 Å². The van der Waals surface area contributed by atoms with Crippen LogP contribution in [0.3, 0.4) is 0 Å². The molecule has 11 aromatic carbocycles. The van der Waals surface area contributed by atoms with Crippen LogP contribution in [0.15, 0.2) is 267 Å². The highest BCUT2D eigenvalue weighted by Gasteiger charge is 2.22. The van der Waals surface area contributed by atoms with Gasteiger partial charge in [-0.05, 0) is 110 Å². The van der Waals surface area contributed by atoms with Gasteiger partial charge in [-0.1, -0.05) is 212 Å². The van der Waals surface area contributed by atoms with E-state index < -0.39 is 0 Å². The average molecular weight is 841 g/mol. The van der Waals surface area contributed by atoms with Gasteiger partial charge < -0.3 is 9.47 Å². The fraction of sp³-hybridized carbons (Fsp3) is 0. The minimum absolute atomic E-state index is 1.08. The van der Waals surface area contributed by atoms with Gasteiger partial charge in [0.25, 0.3) is 0 Å². The number of nitrogens with zero attached hydrogens (tertiary/aromatic N) is 2. The Morgan fingerprint density at radius 2 is 0.667 bits per heavy atom. The summed E-state index contributed by atoms with van der Waals surface area (Å²) in [5, 5.41) is 4.92. The number of para-hydroxylation sites is 3. The Morgan fingerprint density at radius 1 is 0.258 bits per heavy atom. The zero-order valence-electron chi connectivity index (χ0n) is 36.3. The van der Waals surface area contributed by atoms with Crippen molar-refractivity contribution in [1.29, 1.82) is 0 Å². The van der Waals surface area contributed by atoms with Crippen molar-refractivity contribution in [2.75, 3.05) is 4.90 Å². The largest absolute Gasteiger partial charge is 0.310 e. The summed E-state index contributed by atoms with van der Waals surface area (Å²) in [6.07, 6.45) is 0. The first-order valence-electron chi connectivity index (χ1n) is 22.7. The number of fused-ring (bicyclic) bond motifs is 4. The average Bonchev–Trinajstić information content (AvgIpc) is 3.74. The van der Waals surface area contributed by atoms with Gasteiger partial charge in [0.15, 0.2) is 0 Å². The lowest BCUT2D eigenvalue weighted by Gasteiger charge is -2.29. The van der Waals surface area contributed by atoms with E-state index in [0.29, 0.717) is 0 Å². The Morgan fingerprint density at radius 3 is 1.24 bits per heavy atom. The Hall–Kier alpha value is -8.72. The maximum atomic E-state index is 2.43. The van der Waals surface area contributed by atoms with Gasteiger partial charge in [0, 0.05) is 33.3 Å². The zero-order valence-corrected chi connectivity index (χ0v) is 36.3. The van der Waals surface area contributed by atoms with Crippen LogP contribution in [0.2, 0.25) is 0 Å². The summed E-state index contributed by atoms with van der Waals surface area (Å²) in [5.41, 5.74) is 18.6. The van der Waals surface area contributed by atoms with Crippen LogP contribution in [0.5, 0.6) is 0 Å². The molecule has 0 N–H and O–H groups in total. The van der Waals surface area contributed by atoms with E-state index in [-0.39, 0.29) is 0 Å². The van der Waals surface area contributed by atoms with E-state index in [2.05, 4.69) is 276 Å². The third kappa shape index (κ3) is 7.02. The van der Waals surface area contributed by atoms with E-state index in [1.54, 1.807) is 0 Å². The molecule has 0 amide bonds. The third-order valence-electron chi connectivity index (χ3n) is 13.0. The summed E-state index contributed by atoms with van der Waals surface area (Å²) < 4.78 is 2.43. The molecule has 1 heterocycles. The lowest BCUT2D eigenvalue weighted by atomic mass is 9.92. The van der Waals surface area contributed by atoms with Crippen molar-refractivity contribution in [2.24, 2.45) is 0 Å². The Balaban J connectivity index is 1.04. The minimum Gasteiger partial charge on any atom is -0.310 e. The van der Waals surface area contributed by atoms with E-state index in [1.807, 2.05) is 0 Å². The highest BCUT2D eigenvalue weighted by atomic mass is 15.1. The Kier molecular flexibility index (Phi) is 9.89. The maximum absolute atomic E-state index is 2.43. The first-order valence-corrected chi connectivity index (χ1v) is 22.7. The summed E-state index contributed by atoms with van der Waals surface area (Å²) >= 11 is 0. The molecule has 12 aromatic rings. The van der Waals surface area contributed by atoms with Crippen LogP contribution in [0.25, 0.3) is 93.9 Å². The predicted octanol–water partition coefficient (Wildman–Crippen LogP) is 17.7. The molecular formula is C64H44N2. The van der Waals surface area contributed by atoms with Crippen LogP contribution < -0.4 is 4.90 Å². The van der Waals surface area contributed by atoms with E-state index in [1.165, 1.54) is 77.1 Å². The lowest BCUT2D eigenvalue weighted by Crippen LogP contribution is -2.11. The first kappa shape index (κ1) is 38.9. The second kappa shape index (κ2) is 16.8. The standard InChI is InChI=1S/C64H44N2/c1-3-16-45(17-4-1)47-30-32-48(33-31-47)50-36-41-54(42-37-50)65(53-39-34-49(35-40-53)46-18-5-2-6-19-46)64-43-38-52(44-60(64)57-26-15-21-51-20-7-8-22-55(51)57)56-23-9-12-27-61(56)66-62-28-13-10-24-58(62)59-25-11-14-29-63(59)66/h1-44H. The Labute approximate surface area is 385 Å². The van der Waals surface area contributed by atoms with Gasteiger partial charge in [0.1, 0.15) is 0 Å². The minimum atomic E-state index is 1.08. The predicted molar refractivity (Wildman–Crippen MR) is 280 cm³/mol. The van der Waals surface area contributed by atoms with Crippen molar-refractivity contribution in [1.82, 2.24) is 4.57 Å². The highest BCUT2D eigenvalue weighted by Crippen LogP contribution is 2.46. The van der Waals surface area contributed by atoms with Gasteiger partial charge >= 0.3 is 0 Å². The third-order valence-corrected chi connectivity index (χ3v) is 13.0. The van der Waals surface area contributed by atoms with Crippen molar-refractivity contribution in [3.8, 4) is 61.3 Å². The molecule has 12 rings (SSSR count). The van der Waals surface area contributed by atoms with Gasteiger partial charge in [0.05, 0.1) is 22.4 Å². The van der Waals surface area contributed by atoms with E-state index in [0.717, 1.165) is 33.9 Å². The van der Waals surface area contributed by atoms with Crippen molar-refractivity contribution >= 4 is 49.6 Å². The summed E-state index contributed by atoms with van der Waals surface area (Å²) in [5.74, 6) is 0. The lowest BCUT2D eigenvalue weighted by molar-refractivity contribution is 1.18. The zero-order chi connectivity index (χ0) is 43.8. The van der Waals surface area contributed by atoms with E-state index >= 15 is 0 Å². The SMILES string of the molecule is c1ccc(-c2ccc(-c3ccc(N(c4ccc(-c5ccccc5)cc4)c4ccc(-c5ccccc5-n5c6ccccc6c6ccccc65)cc4-c4cccc5ccccc45)cc3)cc2)cc1. The normalized spacial score (nSPS) is 11.3. The molecule has 0 spiro atoms. The fourth-order valence-electron chi connectivity index (χ4n) is 9.82. The second-order valence-electron chi connectivity index (χ2n) is 16.9. The molecule has 66 heavy (non-hydrogen) atoms. The summed E-state index contributed by atoms with van der Waals surface area (Å²) in [6.45, 7) is 0. The number of aromatic nitrogens is 1. The number of hydrogen-bond donors (Lipinski definition) is 0. The van der Waals surface area contributed by atoms with Crippen LogP contribution in [-0.4, -0.2) is 4.57 Å². The Bertz CT molecular complexity index is 3600. The molecule has 0 aliphatic heterocycles. The molecule has 2 nitrogen and oxygen atoms in total. The number of benzene rings is 11. The van der Waals surface area contributed by atoms with Gasteiger partial charge in [-0.25, -0.2) is 0 Å². The first-order chi connectivity index (χ1) is 32.7. The number of rotatable bonds is 9. The van der Waals surface area contributed by atoms with Gasteiger partial charge in [-0.3, -0.25) is 0 Å². The second-order valence-corrected chi connectivity index (χ2v) is 16.9. The van der Waals surface area contributed by atoms with Crippen LogP contribution in [-0.2, 0) is 0 Å². The van der Waals surface area contributed by atoms with E-state index in [9.17, 15) is 0 Å². The summed E-state index contributed by atoms with van der Waals surface area (Å²) in [7, 11) is 0. The summed E-state index contributed by atoms with van der Waals surface area (Å²) in [6, 6.07) is 97.0. The molecule has 2 heteroatoms. The summed E-state index contributed by atoms with van der Waals surface area (Å²) in [4.78, 5) is 2.43. The molecule has 310 valence electrons. The van der Waals surface area contributed by atoms with Crippen LogP contribution >= 0.6 is 0 Å². The molecule has 0 atom stereocenters. The highest BCUT2D eigenvalue weighted by molar-refractivity contribution is 6.10. The molecular weight excluding hydrogens is 797 g/mol. The molecule has 0 fully saturated rings. The quantitative estimate of drug-likeness (QED) is 0.141. The molecule has 0 bridgehead atoms. The van der Waals surface area contributed by atoms with Crippen molar-refractivity contribution in [3.63, 3.8) is 0 Å². The van der Waals surface area contributed by atoms with Gasteiger partial charge in [-0.15, -0.1) is 0 Å². The molecule has 0 radical (unpaired) electrons. The van der Waals surface area contributed by atoms with Crippen LogP contribution in [0.1, 0.15) is 0 Å². The van der Waals surface area contributed by atoms with E-state index in [4.69, 9.17) is 0 Å². The molecule has 0 aliphatic carbocycles. The molecule has 0 unspecified atom stereocenters. The monoisotopic (exact) mass is 840 g/mol. The number of anilines is 3. The molecule has 0 saturated carbocycles. The molecule has 1 aromatic heterocycles. The molecule has 0 aliphatic rings. The van der Waals surface area contributed by atoms with Crippen LogP contribution in [0, 0.1) is 0 Å². The number of hydrogen-bond acceptors (Lipinski definition) is 1. The van der Waals surface area contributed by atoms with Crippen molar-refractivity contribution < 1.29 is 0 Å². The van der Waals surface area contributed by atoms with Gasteiger partial charge in [0.2, 0.25) is 0 Å². The maximum Gasteiger partial charge on any atom is 0.0541 e.